The highest BCUT2D eigenvalue weighted by Crippen LogP contribution is 2.24. The van der Waals surface area contributed by atoms with Crippen LogP contribution >= 0.6 is 35.3 Å². The molecule has 2 heterocycles. The largest absolute Gasteiger partial charge is 0.393 e. The van der Waals surface area contributed by atoms with Gasteiger partial charge in [0.1, 0.15) is 5.82 Å². The maximum absolute atomic E-state index is 14.7. The van der Waals surface area contributed by atoms with Gasteiger partial charge in [0.2, 0.25) is 0 Å². The monoisotopic (exact) mass is 560 g/mol. The van der Waals surface area contributed by atoms with E-state index in [1.165, 1.54) is 4.88 Å². The number of benzene rings is 1. The topological polar surface area (TPSA) is 59.9 Å². The van der Waals surface area contributed by atoms with Crippen LogP contribution in [0.15, 0.2) is 40.7 Å². The number of aliphatic hydroxyl groups is 1. The molecule has 0 saturated carbocycles. The summed E-state index contributed by atoms with van der Waals surface area (Å²) in [7, 11) is 0. The molecule has 1 aromatic carbocycles. The van der Waals surface area contributed by atoms with E-state index in [0.29, 0.717) is 44.1 Å². The van der Waals surface area contributed by atoms with Gasteiger partial charge in [0.15, 0.2) is 5.96 Å². The zero-order valence-electron chi connectivity index (χ0n) is 18.3. The average molecular weight is 561 g/mol. The molecule has 0 amide bonds. The van der Waals surface area contributed by atoms with Crippen molar-refractivity contribution in [3.05, 3.63) is 52.0 Å². The van der Waals surface area contributed by atoms with E-state index in [4.69, 9.17) is 0 Å². The summed E-state index contributed by atoms with van der Waals surface area (Å²) in [6.45, 7) is 7.67. The van der Waals surface area contributed by atoms with Gasteiger partial charge in [-0.3, -0.25) is 0 Å². The van der Waals surface area contributed by atoms with E-state index in [-0.39, 0.29) is 35.9 Å². The molecule has 1 fully saturated rings. The zero-order valence-corrected chi connectivity index (χ0v) is 21.5. The van der Waals surface area contributed by atoms with Crippen LogP contribution in [-0.4, -0.2) is 43.3 Å². The first-order valence-corrected chi connectivity index (χ1v) is 11.7. The summed E-state index contributed by atoms with van der Waals surface area (Å²) in [5.74, 6) is 1.03. The van der Waals surface area contributed by atoms with E-state index in [0.717, 1.165) is 31.0 Å². The predicted molar refractivity (Wildman–Crippen MR) is 139 cm³/mol. The number of guanidine groups is 1. The van der Waals surface area contributed by atoms with Gasteiger partial charge in [-0.05, 0) is 61.2 Å². The van der Waals surface area contributed by atoms with Crippen molar-refractivity contribution in [3.63, 3.8) is 0 Å². The first kappa shape index (κ1) is 25.9. The Kier molecular flexibility index (Phi) is 11.0. The first-order valence-electron chi connectivity index (χ1n) is 10.8. The van der Waals surface area contributed by atoms with Crippen LogP contribution in [0, 0.1) is 11.7 Å². The number of rotatable bonds is 8. The molecule has 0 spiro atoms. The molecule has 0 aliphatic carbocycles. The molecule has 1 unspecified atom stereocenters. The van der Waals surface area contributed by atoms with Crippen LogP contribution < -0.4 is 15.5 Å². The molecule has 172 valence electrons. The van der Waals surface area contributed by atoms with Gasteiger partial charge in [0, 0.05) is 31.1 Å². The van der Waals surface area contributed by atoms with Crippen molar-refractivity contribution >= 4 is 47.0 Å². The van der Waals surface area contributed by atoms with Crippen molar-refractivity contribution in [3.8, 4) is 0 Å². The molecule has 2 aromatic rings. The second kappa shape index (κ2) is 13.2. The summed E-state index contributed by atoms with van der Waals surface area (Å²) in [5, 5.41) is 18.4. The van der Waals surface area contributed by atoms with Crippen LogP contribution in [-0.2, 0) is 13.0 Å². The van der Waals surface area contributed by atoms with Crippen molar-refractivity contribution in [2.75, 3.05) is 31.1 Å². The quantitative estimate of drug-likeness (QED) is 0.255. The molecule has 1 aliphatic heterocycles. The number of anilines is 1. The van der Waals surface area contributed by atoms with Gasteiger partial charge in [-0.15, -0.1) is 35.3 Å². The smallest absolute Gasteiger partial charge is 0.191 e. The third-order valence-corrected chi connectivity index (χ3v) is 6.23. The summed E-state index contributed by atoms with van der Waals surface area (Å²) >= 11 is 1.79. The molecule has 31 heavy (non-hydrogen) atoms. The number of nitrogens with zero attached hydrogens (tertiary/aromatic N) is 2. The Morgan fingerprint density at radius 3 is 2.71 bits per heavy atom. The highest BCUT2D eigenvalue weighted by molar-refractivity contribution is 14.0. The standard InChI is InChI=1S/C23H33FN4OS.HI/c1-3-25-23(26-15-17(2)13-20-5-4-12-30-20)27-16-18-6-7-22(21(24)14-18)28-10-8-19(29)9-11-28;/h4-7,12,14,17,19,29H,3,8-11,13,15-16H2,1-2H3,(H2,25,26,27);1H. The van der Waals surface area contributed by atoms with E-state index >= 15 is 0 Å². The summed E-state index contributed by atoms with van der Waals surface area (Å²) in [5.41, 5.74) is 1.46. The normalized spacial score (nSPS) is 16.0. The third-order valence-electron chi connectivity index (χ3n) is 5.33. The Morgan fingerprint density at radius 1 is 1.29 bits per heavy atom. The lowest BCUT2D eigenvalue weighted by atomic mass is 10.1. The van der Waals surface area contributed by atoms with E-state index < -0.39 is 0 Å². The Bertz CT molecular complexity index is 810. The molecule has 1 atom stereocenters. The van der Waals surface area contributed by atoms with E-state index in [2.05, 4.69) is 40.1 Å². The fourth-order valence-electron chi connectivity index (χ4n) is 3.64. The Morgan fingerprint density at radius 2 is 2.06 bits per heavy atom. The van der Waals surface area contributed by atoms with Crippen molar-refractivity contribution in [2.24, 2.45) is 10.9 Å². The number of aliphatic imine (C=N–C) groups is 1. The average Bonchev–Trinajstić information content (AvgIpc) is 3.24. The highest BCUT2D eigenvalue weighted by Gasteiger charge is 2.19. The van der Waals surface area contributed by atoms with Crippen LogP contribution in [0.25, 0.3) is 0 Å². The lowest BCUT2D eigenvalue weighted by Gasteiger charge is -2.31. The van der Waals surface area contributed by atoms with Crippen molar-refractivity contribution in [2.45, 2.75) is 45.8 Å². The Balaban J connectivity index is 0.00000341. The lowest BCUT2D eigenvalue weighted by Crippen LogP contribution is -2.39. The molecular weight excluding hydrogens is 526 g/mol. The van der Waals surface area contributed by atoms with Gasteiger partial charge >= 0.3 is 0 Å². The summed E-state index contributed by atoms with van der Waals surface area (Å²) in [6.07, 6.45) is 2.16. The molecule has 5 nitrogen and oxygen atoms in total. The molecule has 1 aromatic heterocycles. The second-order valence-corrected chi connectivity index (χ2v) is 9.00. The number of hydrogen-bond donors (Lipinski definition) is 3. The fraction of sp³-hybridized carbons (Fsp3) is 0.522. The molecule has 8 heteroatoms. The van der Waals surface area contributed by atoms with Crippen molar-refractivity contribution in [1.29, 1.82) is 0 Å². The summed E-state index contributed by atoms with van der Waals surface area (Å²) < 4.78 is 14.7. The van der Waals surface area contributed by atoms with E-state index in [9.17, 15) is 9.50 Å². The maximum atomic E-state index is 14.7. The minimum absolute atomic E-state index is 0. The predicted octanol–water partition coefficient (Wildman–Crippen LogP) is 4.40. The fourth-order valence-corrected chi connectivity index (χ4v) is 4.51. The van der Waals surface area contributed by atoms with Crippen LogP contribution in [0.2, 0.25) is 0 Å². The van der Waals surface area contributed by atoms with E-state index in [1.54, 1.807) is 17.4 Å². The second-order valence-electron chi connectivity index (χ2n) is 7.97. The molecule has 0 bridgehead atoms. The number of hydrogen-bond acceptors (Lipinski definition) is 4. The minimum atomic E-state index is -0.261. The first-order chi connectivity index (χ1) is 14.5. The zero-order chi connectivity index (χ0) is 21.3. The minimum Gasteiger partial charge on any atom is -0.393 e. The van der Waals surface area contributed by atoms with E-state index in [1.807, 2.05) is 24.0 Å². The SMILES string of the molecule is CCNC(=NCc1ccc(N2CCC(O)CC2)c(F)c1)NCC(C)Cc1cccs1.I. The van der Waals surface area contributed by atoms with Gasteiger partial charge in [0.25, 0.3) is 0 Å². The molecule has 1 aliphatic rings. The van der Waals surface area contributed by atoms with Crippen LogP contribution in [0.5, 0.6) is 0 Å². The number of nitrogens with one attached hydrogen (secondary N) is 2. The number of halogens is 2. The molecule has 3 N–H and O–H groups in total. The maximum Gasteiger partial charge on any atom is 0.191 e. The Labute approximate surface area is 206 Å². The van der Waals surface area contributed by atoms with Gasteiger partial charge in [0.05, 0.1) is 18.3 Å². The van der Waals surface area contributed by atoms with Crippen molar-refractivity contribution in [1.82, 2.24) is 10.6 Å². The van der Waals surface area contributed by atoms with Crippen LogP contribution in [0.1, 0.15) is 37.1 Å². The van der Waals surface area contributed by atoms with Crippen molar-refractivity contribution < 1.29 is 9.50 Å². The number of thiophene rings is 1. The molecule has 1 saturated heterocycles. The molecule has 3 rings (SSSR count). The molecular formula is C23H34FIN4OS. The molecule has 0 radical (unpaired) electrons. The van der Waals surface area contributed by atoms with Crippen LogP contribution in [0.4, 0.5) is 10.1 Å². The number of aliphatic hydroxyl groups excluding tert-OH is 1. The summed E-state index contributed by atoms with van der Waals surface area (Å²) in [6, 6.07) is 9.61. The lowest BCUT2D eigenvalue weighted by molar-refractivity contribution is 0.145. The number of piperidine rings is 1. The Hall–Kier alpha value is -1.39. The van der Waals surface area contributed by atoms with Gasteiger partial charge in [-0.2, -0.15) is 0 Å². The van der Waals surface area contributed by atoms with Crippen LogP contribution in [0.3, 0.4) is 0 Å². The van der Waals surface area contributed by atoms with Gasteiger partial charge in [-0.25, -0.2) is 9.38 Å². The summed E-state index contributed by atoms with van der Waals surface area (Å²) in [4.78, 5) is 8.03. The van der Waals surface area contributed by atoms with Gasteiger partial charge < -0.3 is 20.6 Å². The van der Waals surface area contributed by atoms with Gasteiger partial charge in [-0.1, -0.05) is 19.1 Å². The highest BCUT2D eigenvalue weighted by atomic mass is 127. The third kappa shape index (κ3) is 8.23.